The Morgan fingerprint density at radius 1 is 1.07 bits per heavy atom. The molecule has 0 bridgehead atoms. The zero-order valence-electron chi connectivity index (χ0n) is 16.7. The lowest BCUT2D eigenvalue weighted by Crippen LogP contribution is -2.48. The molecule has 3 rings (SSSR count). The molecule has 1 saturated heterocycles. The second kappa shape index (κ2) is 8.61. The summed E-state index contributed by atoms with van der Waals surface area (Å²) in [5.74, 6) is -0.574. The average molecular weight is 421 g/mol. The summed E-state index contributed by atoms with van der Waals surface area (Å²) >= 11 is 0. The highest BCUT2D eigenvalue weighted by molar-refractivity contribution is 7.89. The van der Waals surface area contributed by atoms with Crippen LogP contribution in [0.4, 0.5) is 4.39 Å². The maximum Gasteiger partial charge on any atom is 0.253 e. The van der Waals surface area contributed by atoms with Gasteiger partial charge < -0.3 is 9.64 Å². The maximum absolute atomic E-state index is 13.0. The predicted octanol–water partition coefficient (Wildman–Crippen LogP) is 2.90. The van der Waals surface area contributed by atoms with E-state index >= 15 is 0 Å². The molecule has 1 amide bonds. The molecule has 0 N–H and O–H groups in total. The van der Waals surface area contributed by atoms with E-state index in [0.717, 1.165) is 5.56 Å². The first-order valence-electron chi connectivity index (χ1n) is 9.42. The van der Waals surface area contributed by atoms with Crippen LogP contribution in [-0.2, 0) is 21.3 Å². The van der Waals surface area contributed by atoms with Crippen LogP contribution in [0, 0.1) is 5.82 Å². The lowest BCUT2D eigenvalue weighted by atomic mass is 10.1. The number of hydrogen-bond acceptors (Lipinski definition) is 4. The first-order chi connectivity index (χ1) is 13.7. The van der Waals surface area contributed by atoms with E-state index in [9.17, 15) is 17.6 Å². The summed E-state index contributed by atoms with van der Waals surface area (Å²) in [5.41, 5.74) is 1.19. The van der Waals surface area contributed by atoms with Crippen molar-refractivity contribution < 1.29 is 22.3 Å². The number of ether oxygens (including phenoxy) is 1. The minimum Gasteiger partial charge on any atom is -0.373 e. The molecule has 2 aromatic rings. The van der Waals surface area contributed by atoms with Crippen LogP contribution >= 0.6 is 0 Å². The third-order valence-electron chi connectivity index (χ3n) is 4.80. The van der Waals surface area contributed by atoms with Crippen molar-refractivity contribution in [3.63, 3.8) is 0 Å². The maximum atomic E-state index is 13.0. The minimum absolute atomic E-state index is 0.150. The Kier molecular flexibility index (Phi) is 6.36. The van der Waals surface area contributed by atoms with Crippen LogP contribution in [0.15, 0.2) is 53.4 Å². The van der Waals surface area contributed by atoms with Gasteiger partial charge in [-0.25, -0.2) is 12.8 Å². The molecule has 1 aliphatic heterocycles. The van der Waals surface area contributed by atoms with Crippen molar-refractivity contribution in [2.45, 2.75) is 37.5 Å². The molecule has 1 fully saturated rings. The largest absolute Gasteiger partial charge is 0.373 e. The van der Waals surface area contributed by atoms with Crippen molar-refractivity contribution in [3.8, 4) is 0 Å². The van der Waals surface area contributed by atoms with Gasteiger partial charge in [0.1, 0.15) is 5.82 Å². The van der Waals surface area contributed by atoms with Gasteiger partial charge in [-0.3, -0.25) is 4.79 Å². The fourth-order valence-corrected chi connectivity index (χ4v) is 4.99. The third-order valence-corrected chi connectivity index (χ3v) is 6.65. The van der Waals surface area contributed by atoms with E-state index in [0.29, 0.717) is 25.2 Å². The van der Waals surface area contributed by atoms with E-state index < -0.39 is 10.0 Å². The van der Waals surface area contributed by atoms with Crippen molar-refractivity contribution in [2.75, 3.05) is 20.1 Å². The minimum atomic E-state index is -3.65. The fourth-order valence-electron chi connectivity index (χ4n) is 3.40. The van der Waals surface area contributed by atoms with Gasteiger partial charge in [0.05, 0.1) is 17.1 Å². The third kappa shape index (κ3) is 5.01. The Labute approximate surface area is 170 Å². The van der Waals surface area contributed by atoms with Gasteiger partial charge in [-0.1, -0.05) is 12.1 Å². The fraction of sp³-hybridized carbons (Fsp3) is 0.381. The number of morpholine rings is 1. The molecular formula is C21H25FN2O4S. The van der Waals surface area contributed by atoms with Crippen molar-refractivity contribution >= 4 is 15.9 Å². The Balaban J connectivity index is 1.71. The molecule has 6 nitrogen and oxygen atoms in total. The normalized spacial score (nSPS) is 20.4. The molecule has 29 heavy (non-hydrogen) atoms. The molecule has 0 aromatic heterocycles. The number of nitrogens with zero attached hydrogens (tertiary/aromatic N) is 2. The molecule has 1 heterocycles. The molecule has 0 aliphatic carbocycles. The number of benzene rings is 2. The standard InChI is InChI=1S/C21H25FN2O4S/c1-15-12-24(13-16(2)28-15)29(26,27)20-10-6-18(7-11-20)21(25)23(3)14-17-4-8-19(22)9-5-17/h4-11,15-16H,12-14H2,1-3H3. The Morgan fingerprint density at radius 3 is 2.17 bits per heavy atom. The lowest BCUT2D eigenvalue weighted by molar-refractivity contribution is -0.0440. The van der Waals surface area contributed by atoms with Crippen LogP contribution in [0.25, 0.3) is 0 Å². The Bertz CT molecular complexity index is 951. The number of halogens is 1. The van der Waals surface area contributed by atoms with Crippen LogP contribution in [0.2, 0.25) is 0 Å². The first kappa shape index (κ1) is 21.4. The molecule has 156 valence electrons. The highest BCUT2D eigenvalue weighted by Gasteiger charge is 2.32. The number of sulfonamides is 1. The Morgan fingerprint density at radius 2 is 1.62 bits per heavy atom. The van der Waals surface area contributed by atoms with E-state index in [4.69, 9.17) is 4.74 Å². The lowest BCUT2D eigenvalue weighted by Gasteiger charge is -2.34. The molecule has 0 saturated carbocycles. The highest BCUT2D eigenvalue weighted by Crippen LogP contribution is 2.22. The van der Waals surface area contributed by atoms with Crippen LogP contribution in [-0.4, -0.2) is 55.9 Å². The van der Waals surface area contributed by atoms with Crippen LogP contribution < -0.4 is 0 Å². The molecule has 2 aromatic carbocycles. The number of rotatable bonds is 5. The average Bonchev–Trinajstić information content (AvgIpc) is 2.68. The van der Waals surface area contributed by atoms with Gasteiger partial charge in [0.15, 0.2) is 0 Å². The molecule has 1 aliphatic rings. The van der Waals surface area contributed by atoms with E-state index in [2.05, 4.69) is 0 Å². The summed E-state index contributed by atoms with van der Waals surface area (Å²) in [6.07, 6.45) is -0.344. The van der Waals surface area contributed by atoms with Crippen molar-refractivity contribution in [2.24, 2.45) is 0 Å². The number of carbonyl (C=O) groups is 1. The summed E-state index contributed by atoms with van der Waals surface area (Å²) in [5, 5.41) is 0. The van der Waals surface area contributed by atoms with Gasteiger partial charge in [-0.2, -0.15) is 4.31 Å². The smallest absolute Gasteiger partial charge is 0.253 e. The summed E-state index contributed by atoms with van der Waals surface area (Å²) in [7, 11) is -2.00. The molecule has 2 atom stereocenters. The van der Waals surface area contributed by atoms with E-state index in [-0.39, 0.29) is 28.8 Å². The monoisotopic (exact) mass is 420 g/mol. The van der Waals surface area contributed by atoms with Crippen LogP contribution in [0.5, 0.6) is 0 Å². The van der Waals surface area contributed by atoms with Crippen LogP contribution in [0.1, 0.15) is 29.8 Å². The molecule has 2 unspecified atom stereocenters. The number of carbonyl (C=O) groups excluding carboxylic acids is 1. The van der Waals surface area contributed by atoms with Gasteiger partial charge in [-0.15, -0.1) is 0 Å². The summed E-state index contributed by atoms with van der Waals surface area (Å²) in [6.45, 7) is 4.61. The summed E-state index contributed by atoms with van der Waals surface area (Å²) < 4.78 is 45.9. The van der Waals surface area contributed by atoms with E-state index in [1.807, 2.05) is 13.8 Å². The highest BCUT2D eigenvalue weighted by atomic mass is 32.2. The van der Waals surface area contributed by atoms with Crippen molar-refractivity contribution in [1.29, 1.82) is 0 Å². The zero-order chi connectivity index (χ0) is 21.2. The molecular weight excluding hydrogens is 395 g/mol. The summed E-state index contributed by atoms with van der Waals surface area (Å²) in [6, 6.07) is 11.9. The van der Waals surface area contributed by atoms with E-state index in [1.54, 1.807) is 19.2 Å². The second-order valence-electron chi connectivity index (χ2n) is 7.39. The van der Waals surface area contributed by atoms with Gasteiger partial charge in [0.2, 0.25) is 10.0 Å². The van der Waals surface area contributed by atoms with E-state index in [1.165, 1.54) is 45.6 Å². The second-order valence-corrected chi connectivity index (χ2v) is 9.33. The van der Waals surface area contributed by atoms with Gasteiger partial charge >= 0.3 is 0 Å². The molecule has 8 heteroatoms. The topological polar surface area (TPSA) is 66.9 Å². The van der Waals surface area contributed by atoms with Gasteiger partial charge in [0.25, 0.3) is 5.91 Å². The number of amides is 1. The number of hydrogen-bond donors (Lipinski definition) is 0. The quantitative estimate of drug-likeness (QED) is 0.746. The SMILES string of the molecule is CC1CN(S(=O)(=O)c2ccc(C(=O)N(C)Cc3ccc(F)cc3)cc2)CC(C)O1. The first-order valence-corrected chi connectivity index (χ1v) is 10.9. The molecule has 0 spiro atoms. The van der Waals surface area contributed by atoms with Gasteiger partial charge in [-0.05, 0) is 55.8 Å². The predicted molar refractivity (Wildman–Crippen MR) is 107 cm³/mol. The molecule has 0 radical (unpaired) electrons. The van der Waals surface area contributed by atoms with Crippen molar-refractivity contribution in [3.05, 3.63) is 65.5 Å². The zero-order valence-corrected chi connectivity index (χ0v) is 17.5. The van der Waals surface area contributed by atoms with Crippen LogP contribution in [0.3, 0.4) is 0 Å². The Hall–Kier alpha value is -2.29. The summed E-state index contributed by atoms with van der Waals surface area (Å²) in [4.78, 5) is 14.3. The van der Waals surface area contributed by atoms with Crippen molar-refractivity contribution in [1.82, 2.24) is 9.21 Å². The van der Waals surface area contributed by atoms with Gasteiger partial charge in [0, 0.05) is 32.2 Å².